The number of nitrogens with one attached hydrogen (secondary N) is 1. The van der Waals surface area contributed by atoms with E-state index in [1.165, 1.54) is 16.8 Å². The van der Waals surface area contributed by atoms with Gasteiger partial charge in [-0.1, -0.05) is 20.8 Å². The Bertz CT molecular complexity index is 574. The maximum Gasteiger partial charge on any atom is 0.326 e. The fraction of sp³-hybridized carbons (Fsp3) is 0.462. The van der Waals surface area contributed by atoms with E-state index in [1.54, 1.807) is 26.8 Å². The molecule has 1 aromatic heterocycles. The van der Waals surface area contributed by atoms with Crippen molar-refractivity contribution in [2.75, 3.05) is 0 Å². The molecular formula is C13H17BrN2O4. The van der Waals surface area contributed by atoms with Crippen LogP contribution in [0, 0.1) is 5.41 Å². The second-order valence-electron chi connectivity index (χ2n) is 5.52. The Hall–Kier alpha value is -1.63. The molecule has 0 fully saturated rings. The number of halogens is 1. The Balaban J connectivity index is 2.84. The highest BCUT2D eigenvalue weighted by molar-refractivity contribution is 9.10. The maximum atomic E-state index is 11.9. The summed E-state index contributed by atoms with van der Waals surface area (Å²) in [5.74, 6) is -1.63. The average molecular weight is 345 g/mol. The van der Waals surface area contributed by atoms with Crippen LogP contribution in [-0.4, -0.2) is 27.6 Å². The Kier molecular flexibility index (Phi) is 5.10. The smallest absolute Gasteiger partial charge is 0.326 e. The molecule has 7 heteroatoms. The van der Waals surface area contributed by atoms with Crippen molar-refractivity contribution >= 4 is 27.8 Å². The zero-order chi connectivity index (χ0) is 15.5. The van der Waals surface area contributed by atoms with E-state index in [2.05, 4.69) is 21.2 Å². The fourth-order valence-electron chi connectivity index (χ4n) is 1.64. The van der Waals surface area contributed by atoms with Crippen LogP contribution < -0.4 is 10.9 Å². The number of carboxylic acid groups (broad SMARTS) is 1. The summed E-state index contributed by atoms with van der Waals surface area (Å²) < 4.78 is 1.87. The molecule has 1 amide bonds. The number of pyridine rings is 1. The predicted molar refractivity (Wildman–Crippen MR) is 77.4 cm³/mol. The molecule has 0 spiro atoms. The first kappa shape index (κ1) is 16.4. The van der Waals surface area contributed by atoms with Crippen LogP contribution in [0.2, 0.25) is 0 Å². The summed E-state index contributed by atoms with van der Waals surface area (Å²) in [6, 6.07) is 1.89. The van der Waals surface area contributed by atoms with Crippen molar-refractivity contribution in [1.29, 1.82) is 0 Å². The Morgan fingerprint density at radius 3 is 2.50 bits per heavy atom. The van der Waals surface area contributed by atoms with Gasteiger partial charge in [0, 0.05) is 16.7 Å². The molecular weight excluding hydrogens is 328 g/mol. The molecule has 0 saturated heterocycles. The molecule has 0 aromatic carbocycles. The van der Waals surface area contributed by atoms with Gasteiger partial charge >= 0.3 is 5.97 Å². The van der Waals surface area contributed by atoms with Crippen molar-refractivity contribution in [3.63, 3.8) is 0 Å². The van der Waals surface area contributed by atoms with Crippen LogP contribution in [0.25, 0.3) is 0 Å². The highest BCUT2D eigenvalue weighted by Gasteiger charge is 2.32. The minimum atomic E-state index is -1.10. The number of amides is 1. The zero-order valence-electron chi connectivity index (χ0n) is 11.5. The van der Waals surface area contributed by atoms with Crippen LogP contribution in [0.1, 0.15) is 20.8 Å². The molecule has 20 heavy (non-hydrogen) atoms. The SMILES string of the molecule is CC(C)(C)[C@@H](NC(=O)Cn1cc(Br)ccc1=O)C(=O)O. The number of nitrogens with zero attached hydrogens (tertiary/aromatic N) is 1. The van der Waals surface area contributed by atoms with Crippen molar-refractivity contribution < 1.29 is 14.7 Å². The van der Waals surface area contributed by atoms with Gasteiger partial charge in [0.15, 0.2) is 0 Å². The van der Waals surface area contributed by atoms with Crippen LogP contribution in [-0.2, 0) is 16.1 Å². The lowest BCUT2D eigenvalue weighted by molar-refractivity contribution is -0.145. The van der Waals surface area contributed by atoms with Gasteiger partial charge in [-0.3, -0.25) is 9.59 Å². The zero-order valence-corrected chi connectivity index (χ0v) is 13.1. The first-order chi connectivity index (χ1) is 9.11. The van der Waals surface area contributed by atoms with E-state index < -0.39 is 23.3 Å². The van der Waals surface area contributed by atoms with Gasteiger partial charge in [-0.05, 0) is 27.4 Å². The Morgan fingerprint density at radius 2 is 2.00 bits per heavy atom. The Morgan fingerprint density at radius 1 is 1.40 bits per heavy atom. The van der Waals surface area contributed by atoms with Gasteiger partial charge < -0.3 is 15.0 Å². The van der Waals surface area contributed by atoms with E-state index in [4.69, 9.17) is 5.11 Å². The normalized spacial score (nSPS) is 12.8. The monoisotopic (exact) mass is 344 g/mol. The number of hydrogen-bond donors (Lipinski definition) is 2. The molecule has 0 aliphatic heterocycles. The van der Waals surface area contributed by atoms with E-state index in [1.807, 2.05) is 0 Å². The van der Waals surface area contributed by atoms with Crippen molar-refractivity contribution in [1.82, 2.24) is 9.88 Å². The number of aromatic nitrogens is 1. The fourth-order valence-corrected chi connectivity index (χ4v) is 2.02. The minimum absolute atomic E-state index is 0.224. The maximum absolute atomic E-state index is 11.9. The predicted octanol–water partition coefficient (Wildman–Crippen LogP) is 1.23. The summed E-state index contributed by atoms with van der Waals surface area (Å²) in [6.45, 7) is 4.93. The summed E-state index contributed by atoms with van der Waals surface area (Å²) >= 11 is 3.21. The molecule has 1 atom stereocenters. The summed E-state index contributed by atoms with van der Waals surface area (Å²) in [7, 11) is 0. The summed E-state index contributed by atoms with van der Waals surface area (Å²) in [5.41, 5.74) is -0.949. The third-order valence-corrected chi connectivity index (χ3v) is 3.15. The van der Waals surface area contributed by atoms with E-state index in [0.29, 0.717) is 4.47 Å². The largest absolute Gasteiger partial charge is 0.480 e. The number of carbonyl (C=O) groups excluding carboxylic acids is 1. The van der Waals surface area contributed by atoms with Crippen molar-refractivity contribution in [3.05, 3.63) is 33.2 Å². The van der Waals surface area contributed by atoms with Crippen molar-refractivity contribution in [2.45, 2.75) is 33.4 Å². The van der Waals surface area contributed by atoms with Gasteiger partial charge in [-0.2, -0.15) is 0 Å². The molecule has 1 aromatic rings. The number of hydrogen-bond acceptors (Lipinski definition) is 3. The molecule has 0 unspecified atom stereocenters. The van der Waals surface area contributed by atoms with Crippen molar-refractivity contribution in [2.24, 2.45) is 5.41 Å². The van der Waals surface area contributed by atoms with Gasteiger partial charge in [-0.15, -0.1) is 0 Å². The second-order valence-corrected chi connectivity index (χ2v) is 6.43. The van der Waals surface area contributed by atoms with Crippen LogP contribution in [0.4, 0.5) is 0 Å². The number of rotatable bonds is 4. The highest BCUT2D eigenvalue weighted by Crippen LogP contribution is 2.19. The topological polar surface area (TPSA) is 88.4 Å². The first-order valence-corrected chi connectivity index (χ1v) is 6.78. The molecule has 110 valence electrons. The van der Waals surface area contributed by atoms with Crippen LogP contribution in [0.15, 0.2) is 27.6 Å². The summed E-state index contributed by atoms with van der Waals surface area (Å²) in [5, 5.41) is 11.6. The number of carboxylic acids is 1. The van der Waals surface area contributed by atoms with E-state index in [-0.39, 0.29) is 12.1 Å². The molecule has 6 nitrogen and oxygen atoms in total. The summed E-state index contributed by atoms with van der Waals surface area (Å²) in [4.78, 5) is 34.6. The lowest BCUT2D eigenvalue weighted by Crippen LogP contribution is -2.50. The molecule has 0 bridgehead atoms. The number of carbonyl (C=O) groups is 2. The lowest BCUT2D eigenvalue weighted by atomic mass is 9.87. The quantitative estimate of drug-likeness (QED) is 0.859. The van der Waals surface area contributed by atoms with Crippen molar-refractivity contribution in [3.8, 4) is 0 Å². The molecule has 0 radical (unpaired) electrons. The van der Waals surface area contributed by atoms with Gasteiger partial charge in [0.1, 0.15) is 12.6 Å². The Labute approximate surface area is 124 Å². The molecule has 0 saturated carbocycles. The molecule has 1 heterocycles. The summed E-state index contributed by atoms with van der Waals surface area (Å²) in [6.07, 6.45) is 1.48. The van der Waals surface area contributed by atoms with Gasteiger partial charge in [0.25, 0.3) is 5.56 Å². The lowest BCUT2D eigenvalue weighted by Gasteiger charge is -2.27. The standard InChI is InChI=1S/C13H17BrN2O4/c1-13(2,3)11(12(19)20)15-9(17)7-16-6-8(14)4-5-10(16)18/h4-6,11H,7H2,1-3H3,(H,15,17)(H,19,20)/t11-/m0/s1. The van der Waals surface area contributed by atoms with Crippen LogP contribution in [0.5, 0.6) is 0 Å². The van der Waals surface area contributed by atoms with Crippen LogP contribution >= 0.6 is 15.9 Å². The molecule has 0 aliphatic rings. The highest BCUT2D eigenvalue weighted by atomic mass is 79.9. The van der Waals surface area contributed by atoms with Gasteiger partial charge in [0.2, 0.25) is 5.91 Å². The first-order valence-electron chi connectivity index (χ1n) is 5.99. The van der Waals surface area contributed by atoms with E-state index in [0.717, 1.165) is 0 Å². The molecule has 0 aliphatic carbocycles. The third kappa shape index (κ3) is 4.48. The van der Waals surface area contributed by atoms with Crippen LogP contribution in [0.3, 0.4) is 0 Å². The minimum Gasteiger partial charge on any atom is -0.480 e. The molecule has 1 rings (SSSR count). The van der Waals surface area contributed by atoms with E-state index in [9.17, 15) is 14.4 Å². The van der Waals surface area contributed by atoms with E-state index >= 15 is 0 Å². The molecule has 2 N–H and O–H groups in total. The average Bonchev–Trinajstić information content (AvgIpc) is 2.29. The number of aliphatic carboxylic acids is 1. The second kappa shape index (κ2) is 6.21. The van der Waals surface area contributed by atoms with Gasteiger partial charge in [-0.25, -0.2) is 4.79 Å². The third-order valence-electron chi connectivity index (χ3n) is 2.68. The van der Waals surface area contributed by atoms with Gasteiger partial charge in [0.05, 0.1) is 0 Å².